The van der Waals surface area contributed by atoms with E-state index in [0.717, 1.165) is 11.1 Å². The lowest BCUT2D eigenvalue weighted by Gasteiger charge is -2.17. The zero-order valence-electron chi connectivity index (χ0n) is 11.3. The molecule has 1 aromatic rings. The molecule has 1 aromatic carbocycles. The Morgan fingerprint density at radius 3 is 2.44 bits per heavy atom. The van der Waals surface area contributed by atoms with Gasteiger partial charge in [-0.05, 0) is 24.7 Å². The van der Waals surface area contributed by atoms with Gasteiger partial charge in [0.1, 0.15) is 0 Å². The summed E-state index contributed by atoms with van der Waals surface area (Å²) in [4.78, 5) is 0. The number of aliphatic hydroxyl groups excluding tert-OH is 1. The molecule has 0 aliphatic carbocycles. The first-order valence-corrected chi connectivity index (χ1v) is 5.74. The van der Waals surface area contributed by atoms with Crippen LogP contribution in [0.25, 0.3) is 0 Å². The van der Waals surface area contributed by atoms with E-state index in [4.69, 9.17) is 14.2 Å². The minimum absolute atomic E-state index is 0.402. The summed E-state index contributed by atoms with van der Waals surface area (Å²) in [6, 6.07) is 3.65. The highest BCUT2D eigenvalue weighted by atomic mass is 16.5. The van der Waals surface area contributed by atoms with E-state index in [1.54, 1.807) is 34.4 Å². The molecule has 0 spiro atoms. The van der Waals surface area contributed by atoms with Crippen LogP contribution in [0.3, 0.4) is 0 Å². The lowest BCUT2D eigenvalue weighted by atomic mass is 10.0. The monoisotopic (exact) mass is 255 g/mol. The topological polar surface area (TPSA) is 60.0 Å². The first-order valence-electron chi connectivity index (χ1n) is 5.74. The molecule has 1 unspecified atom stereocenters. The summed E-state index contributed by atoms with van der Waals surface area (Å²) in [6.07, 6.45) is -0.592. The van der Waals surface area contributed by atoms with Crippen molar-refractivity contribution in [1.29, 1.82) is 0 Å². The molecule has 0 fully saturated rings. The summed E-state index contributed by atoms with van der Waals surface area (Å²) in [5, 5.41) is 12.9. The SMILES string of the molecule is CNCC(O)c1cc(COC)c(OC)c(OC)c1. The summed E-state index contributed by atoms with van der Waals surface area (Å²) in [6.45, 7) is 0.877. The minimum atomic E-state index is -0.592. The van der Waals surface area contributed by atoms with Crippen molar-refractivity contribution in [2.24, 2.45) is 0 Å². The van der Waals surface area contributed by atoms with Crippen molar-refractivity contribution in [2.75, 3.05) is 34.9 Å². The standard InChI is InChI=1S/C13H21NO4/c1-14-7-11(15)9-5-10(8-16-2)13(18-4)12(6-9)17-3/h5-6,11,14-15H,7-8H2,1-4H3. The number of hydrogen-bond acceptors (Lipinski definition) is 5. The molecule has 102 valence electrons. The van der Waals surface area contributed by atoms with Crippen LogP contribution in [0.1, 0.15) is 17.2 Å². The van der Waals surface area contributed by atoms with Gasteiger partial charge in [0.15, 0.2) is 11.5 Å². The molecule has 5 nitrogen and oxygen atoms in total. The highest BCUT2D eigenvalue weighted by Crippen LogP contribution is 2.34. The normalized spacial score (nSPS) is 12.3. The second kappa shape index (κ2) is 7.20. The molecular weight excluding hydrogens is 234 g/mol. The van der Waals surface area contributed by atoms with Gasteiger partial charge in [0.05, 0.1) is 26.9 Å². The van der Waals surface area contributed by atoms with Crippen molar-refractivity contribution in [3.63, 3.8) is 0 Å². The van der Waals surface area contributed by atoms with Gasteiger partial charge in [0.2, 0.25) is 0 Å². The van der Waals surface area contributed by atoms with E-state index in [2.05, 4.69) is 5.32 Å². The summed E-state index contributed by atoms with van der Waals surface area (Å²) in [5.41, 5.74) is 1.62. The summed E-state index contributed by atoms with van der Waals surface area (Å²) >= 11 is 0. The lowest BCUT2D eigenvalue weighted by Crippen LogP contribution is -2.17. The van der Waals surface area contributed by atoms with E-state index in [1.165, 1.54) is 0 Å². The molecular formula is C13H21NO4. The summed E-state index contributed by atoms with van der Waals surface area (Å²) in [7, 11) is 6.56. The Bertz CT molecular complexity index is 381. The van der Waals surface area contributed by atoms with Crippen LogP contribution in [0.2, 0.25) is 0 Å². The summed E-state index contributed by atoms with van der Waals surface area (Å²) in [5.74, 6) is 1.23. The highest BCUT2D eigenvalue weighted by Gasteiger charge is 2.16. The van der Waals surface area contributed by atoms with Crippen LogP contribution in [0.4, 0.5) is 0 Å². The maximum Gasteiger partial charge on any atom is 0.166 e. The molecule has 0 aromatic heterocycles. The van der Waals surface area contributed by atoms with Crippen LogP contribution >= 0.6 is 0 Å². The predicted molar refractivity (Wildman–Crippen MR) is 69.1 cm³/mol. The number of hydrogen-bond donors (Lipinski definition) is 2. The fraction of sp³-hybridized carbons (Fsp3) is 0.538. The van der Waals surface area contributed by atoms with Gasteiger partial charge in [0.25, 0.3) is 0 Å². The Morgan fingerprint density at radius 1 is 1.22 bits per heavy atom. The van der Waals surface area contributed by atoms with Crippen LogP contribution in [-0.4, -0.2) is 40.0 Å². The molecule has 18 heavy (non-hydrogen) atoms. The Kier molecular flexibility index (Phi) is 5.91. The van der Waals surface area contributed by atoms with Gasteiger partial charge < -0.3 is 24.6 Å². The van der Waals surface area contributed by atoms with Crippen LogP contribution < -0.4 is 14.8 Å². The van der Waals surface area contributed by atoms with Crippen molar-refractivity contribution in [2.45, 2.75) is 12.7 Å². The summed E-state index contributed by atoms with van der Waals surface area (Å²) < 4.78 is 15.7. The Balaban J connectivity index is 3.17. The van der Waals surface area contributed by atoms with E-state index < -0.39 is 6.10 Å². The fourth-order valence-electron chi connectivity index (χ4n) is 1.83. The van der Waals surface area contributed by atoms with E-state index in [1.807, 2.05) is 6.07 Å². The largest absolute Gasteiger partial charge is 0.493 e. The molecule has 0 bridgehead atoms. The maximum absolute atomic E-state index is 10.00. The van der Waals surface area contributed by atoms with E-state index in [9.17, 15) is 5.11 Å². The number of benzene rings is 1. The quantitative estimate of drug-likeness (QED) is 0.764. The van der Waals surface area contributed by atoms with Crippen molar-refractivity contribution < 1.29 is 19.3 Å². The van der Waals surface area contributed by atoms with Crippen LogP contribution in [0, 0.1) is 0 Å². The molecule has 1 atom stereocenters. The van der Waals surface area contributed by atoms with Gasteiger partial charge >= 0.3 is 0 Å². The minimum Gasteiger partial charge on any atom is -0.493 e. The average molecular weight is 255 g/mol. The molecule has 0 aliphatic rings. The van der Waals surface area contributed by atoms with Crippen LogP contribution in [0.15, 0.2) is 12.1 Å². The molecule has 2 N–H and O–H groups in total. The molecule has 0 aliphatic heterocycles. The maximum atomic E-state index is 10.00. The highest BCUT2D eigenvalue weighted by molar-refractivity contribution is 5.50. The molecule has 0 amide bonds. The average Bonchev–Trinajstić information content (AvgIpc) is 2.38. The van der Waals surface area contributed by atoms with E-state index in [-0.39, 0.29) is 0 Å². The number of methoxy groups -OCH3 is 3. The molecule has 0 saturated heterocycles. The number of rotatable bonds is 7. The Hall–Kier alpha value is -1.30. The van der Waals surface area contributed by atoms with Crippen LogP contribution in [0.5, 0.6) is 11.5 Å². The molecule has 1 rings (SSSR count). The fourth-order valence-corrected chi connectivity index (χ4v) is 1.83. The van der Waals surface area contributed by atoms with Crippen molar-refractivity contribution in [3.05, 3.63) is 23.3 Å². The first kappa shape index (κ1) is 14.8. The smallest absolute Gasteiger partial charge is 0.166 e. The predicted octanol–water partition coefficient (Wildman–Crippen LogP) is 1.10. The second-order valence-corrected chi connectivity index (χ2v) is 3.92. The van der Waals surface area contributed by atoms with Crippen molar-refractivity contribution in [3.8, 4) is 11.5 Å². The third-order valence-electron chi connectivity index (χ3n) is 2.66. The first-order chi connectivity index (χ1) is 8.67. The van der Waals surface area contributed by atoms with Gasteiger partial charge in [-0.15, -0.1) is 0 Å². The lowest BCUT2D eigenvalue weighted by molar-refractivity contribution is 0.172. The van der Waals surface area contributed by atoms with Crippen molar-refractivity contribution >= 4 is 0 Å². The third-order valence-corrected chi connectivity index (χ3v) is 2.66. The van der Waals surface area contributed by atoms with Gasteiger partial charge in [-0.1, -0.05) is 0 Å². The van der Waals surface area contributed by atoms with Gasteiger partial charge in [-0.3, -0.25) is 0 Å². The van der Waals surface area contributed by atoms with Gasteiger partial charge in [0, 0.05) is 19.2 Å². The van der Waals surface area contributed by atoms with E-state index >= 15 is 0 Å². The number of aliphatic hydroxyl groups is 1. The molecule has 0 radical (unpaired) electrons. The molecule has 0 heterocycles. The Morgan fingerprint density at radius 2 is 1.94 bits per heavy atom. The number of nitrogens with one attached hydrogen (secondary N) is 1. The van der Waals surface area contributed by atoms with Crippen LogP contribution in [-0.2, 0) is 11.3 Å². The zero-order chi connectivity index (χ0) is 13.5. The van der Waals surface area contributed by atoms with E-state index in [0.29, 0.717) is 24.7 Å². The van der Waals surface area contributed by atoms with Gasteiger partial charge in [-0.2, -0.15) is 0 Å². The number of likely N-dealkylation sites (N-methyl/N-ethyl adjacent to an activating group) is 1. The van der Waals surface area contributed by atoms with Crippen molar-refractivity contribution in [1.82, 2.24) is 5.32 Å². The second-order valence-electron chi connectivity index (χ2n) is 3.92. The van der Waals surface area contributed by atoms with Gasteiger partial charge in [-0.25, -0.2) is 0 Å². The number of ether oxygens (including phenoxy) is 3. The third kappa shape index (κ3) is 3.35. The zero-order valence-corrected chi connectivity index (χ0v) is 11.3. The Labute approximate surface area is 108 Å². The molecule has 5 heteroatoms. The molecule has 0 saturated carbocycles.